The minimum Gasteiger partial charge on any atom is -0.246 e. The molecule has 0 saturated carbocycles. The van der Waals surface area contributed by atoms with Gasteiger partial charge in [-0.25, -0.2) is 4.79 Å². The quantitative estimate of drug-likeness (QED) is 0.447. The van der Waals surface area contributed by atoms with Gasteiger partial charge in [-0.1, -0.05) is 0 Å². The Balaban J connectivity index is 2.46. The van der Waals surface area contributed by atoms with Gasteiger partial charge in [0.05, 0.1) is 6.21 Å². The van der Waals surface area contributed by atoms with Crippen LogP contribution in [0.4, 0.5) is 4.79 Å². The van der Waals surface area contributed by atoms with Crippen molar-refractivity contribution in [3.8, 4) is 0 Å². The Morgan fingerprint density at radius 1 is 1.64 bits per heavy atom. The van der Waals surface area contributed by atoms with Gasteiger partial charge >= 0.3 is 11.9 Å². The molecule has 4 nitrogen and oxygen atoms in total. The van der Waals surface area contributed by atoms with E-state index in [1.165, 1.54) is 4.90 Å². The molecule has 2 bridgehead atoms. The van der Waals surface area contributed by atoms with E-state index in [2.05, 4.69) is 0 Å². The van der Waals surface area contributed by atoms with Crippen LogP contribution in [0.5, 0.6) is 0 Å². The van der Waals surface area contributed by atoms with Gasteiger partial charge in [-0.2, -0.15) is 14.3 Å². The zero-order chi connectivity index (χ0) is 8.01. The Hall–Kier alpha value is -1.19. The number of rotatable bonds is 0. The lowest BCUT2D eigenvalue weighted by Crippen LogP contribution is -2.42. The summed E-state index contributed by atoms with van der Waals surface area (Å²) in [6, 6.07) is -0.159. The van der Waals surface area contributed by atoms with Gasteiger partial charge < -0.3 is 0 Å². The van der Waals surface area contributed by atoms with E-state index in [0.717, 1.165) is 0 Å². The fourth-order valence-electron chi connectivity index (χ4n) is 1.48. The van der Waals surface area contributed by atoms with Crippen molar-refractivity contribution in [2.24, 2.45) is 5.92 Å². The normalized spacial score (nSPS) is 29.4. The standard InChI is InChI=1S/C7H9N2O2/c1-5-4-8-2-3-9(6(5)10)7(8)11/h4-5H,2-3H2,1H3/q+1. The molecule has 0 aromatic rings. The molecule has 1 unspecified atom stereocenters. The maximum absolute atomic E-state index is 11.2. The number of amides is 3. The number of imide groups is 1. The molecule has 0 spiro atoms. The van der Waals surface area contributed by atoms with Crippen LogP contribution in [0.2, 0.25) is 0 Å². The summed E-state index contributed by atoms with van der Waals surface area (Å²) in [5.74, 6) is -0.195. The highest BCUT2D eigenvalue weighted by Crippen LogP contribution is 2.13. The monoisotopic (exact) mass is 153 g/mol. The van der Waals surface area contributed by atoms with Gasteiger partial charge in [-0.15, -0.1) is 0 Å². The van der Waals surface area contributed by atoms with Gasteiger partial charge in [0.15, 0.2) is 0 Å². The first-order valence-electron chi connectivity index (χ1n) is 3.67. The number of fused-ring (bicyclic) bond motifs is 2. The molecular formula is C7H9N2O2+. The highest BCUT2D eigenvalue weighted by Gasteiger charge is 2.46. The van der Waals surface area contributed by atoms with Crippen molar-refractivity contribution in [3.63, 3.8) is 0 Å². The third-order valence-electron chi connectivity index (χ3n) is 2.10. The minimum absolute atomic E-state index is 0.0660. The Morgan fingerprint density at radius 2 is 2.36 bits per heavy atom. The Bertz CT molecular complexity index is 270. The van der Waals surface area contributed by atoms with Crippen LogP contribution in [0.1, 0.15) is 6.92 Å². The molecule has 2 aliphatic heterocycles. The predicted octanol–water partition coefficient (Wildman–Crippen LogP) is -0.318. The minimum atomic E-state index is -0.159. The molecule has 4 heteroatoms. The molecule has 2 heterocycles. The SMILES string of the molecule is CC1C=[N+]2CCN(C1=O)C2=O. The summed E-state index contributed by atoms with van der Waals surface area (Å²) in [4.78, 5) is 23.7. The van der Waals surface area contributed by atoms with E-state index in [4.69, 9.17) is 0 Å². The van der Waals surface area contributed by atoms with Gasteiger partial charge in [0.2, 0.25) is 0 Å². The van der Waals surface area contributed by atoms with Gasteiger partial charge in [-0.3, -0.25) is 0 Å². The smallest absolute Gasteiger partial charge is 0.246 e. The zero-order valence-corrected chi connectivity index (χ0v) is 6.28. The number of nitrogens with zero attached hydrogens (tertiary/aromatic N) is 2. The average Bonchev–Trinajstić information content (AvgIpc) is 2.23. The van der Waals surface area contributed by atoms with E-state index in [-0.39, 0.29) is 17.9 Å². The number of hydrogen-bond acceptors (Lipinski definition) is 2. The number of carbonyl (C=O) groups excluding carboxylic acids is 2. The largest absolute Gasteiger partial charge is 0.500 e. The lowest BCUT2D eigenvalue weighted by molar-refractivity contribution is -0.408. The Morgan fingerprint density at radius 3 is 3.09 bits per heavy atom. The summed E-state index contributed by atoms with van der Waals surface area (Å²) in [5, 5.41) is 0. The van der Waals surface area contributed by atoms with E-state index in [0.29, 0.717) is 13.1 Å². The zero-order valence-electron chi connectivity index (χ0n) is 6.28. The lowest BCUT2D eigenvalue weighted by atomic mass is 10.1. The molecule has 0 aliphatic carbocycles. The van der Waals surface area contributed by atoms with Crippen LogP contribution in [0, 0.1) is 5.92 Å². The van der Waals surface area contributed by atoms with Crippen LogP contribution in [0.3, 0.4) is 0 Å². The van der Waals surface area contributed by atoms with Crippen molar-refractivity contribution in [1.82, 2.24) is 4.90 Å². The van der Waals surface area contributed by atoms with Crippen LogP contribution in [0.25, 0.3) is 0 Å². The van der Waals surface area contributed by atoms with E-state index in [9.17, 15) is 9.59 Å². The van der Waals surface area contributed by atoms with E-state index >= 15 is 0 Å². The maximum Gasteiger partial charge on any atom is 0.500 e. The fraction of sp³-hybridized carbons (Fsp3) is 0.571. The molecule has 11 heavy (non-hydrogen) atoms. The van der Waals surface area contributed by atoms with Crippen LogP contribution in [0.15, 0.2) is 0 Å². The van der Waals surface area contributed by atoms with Crippen LogP contribution in [-0.4, -0.2) is 40.7 Å². The van der Waals surface area contributed by atoms with Crippen molar-refractivity contribution in [2.75, 3.05) is 13.1 Å². The van der Waals surface area contributed by atoms with E-state index in [1.54, 1.807) is 17.7 Å². The third kappa shape index (κ3) is 0.721. The van der Waals surface area contributed by atoms with Crippen LogP contribution >= 0.6 is 0 Å². The summed E-state index contributed by atoms with van der Waals surface area (Å²) in [6.07, 6.45) is 1.70. The highest BCUT2D eigenvalue weighted by atomic mass is 16.2. The molecule has 3 amide bonds. The highest BCUT2D eigenvalue weighted by molar-refractivity contribution is 6.04. The molecule has 0 radical (unpaired) electrons. The van der Waals surface area contributed by atoms with Gasteiger partial charge in [0.1, 0.15) is 19.0 Å². The number of hydrogen-bond donors (Lipinski definition) is 0. The molecule has 0 aromatic carbocycles. The summed E-state index contributed by atoms with van der Waals surface area (Å²) < 4.78 is 1.60. The van der Waals surface area contributed by atoms with E-state index < -0.39 is 0 Å². The molecule has 2 rings (SSSR count). The number of urea groups is 1. The molecule has 1 atom stereocenters. The molecular weight excluding hydrogens is 144 g/mol. The van der Waals surface area contributed by atoms with Crippen molar-refractivity contribution < 1.29 is 14.2 Å². The topological polar surface area (TPSA) is 40.4 Å². The molecule has 1 fully saturated rings. The van der Waals surface area contributed by atoms with Gasteiger partial charge in [0, 0.05) is 0 Å². The van der Waals surface area contributed by atoms with Crippen molar-refractivity contribution in [3.05, 3.63) is 0 Å². The van der Waals surface area contributed by atoms with Gasteiger partial charge in [0.25, 0.3) is 0 Å². The molecule has 0 N–H and O–H groups in total. The van der Waals surface area contributed by atoms with Crippen LogP contribution < -0.4 is 0 Å². The van der Waals surface area contributed by atoms with Gasteiger partial charge in [-0.05, 0) is 6.92 Å². The second kappa shape index (κ2) is 1.90. The first-order valence-corrected chi connectivity index (χ1v) is 3.67. The third-order valence-corrected chi connectivity index (χ3v) is 2.10. The van der Waals surface area contributed by atoms with Crippen LogP contribution in [-0.2, 0) is 4.79 Å². The summed E-state index contributed by atoms with van der Waals surface area (Å²) >= 11 is 0. The molecule has 0 aromatic heterocycles. The maximum atomic E-state index is 11.2. The van der Waals surface area contributed by atoms with E-state index in [1.807, 2.05) is 0 Å². The molecule has 58 valence electrons. The summed E-state index contributed by atoms with van der Waals surface area (Å²) in [5.41, 5.74) is 0. The Labute approximate surface area is 64.1 Å². The first-order chi connectivity index (χ1) is 5.20. The molecule has 2 aliphatic rings. The molecule has 1 saturated heterocycles. The second-order valence-corrected chi connectivity index (χ2v) is 2.90. The fourth-order valence-corrected chi connectivity index (χ4v) is 1.48. The first kappa shape index (κ1) is 6.52. The predicted molar refractivity (Wildman–Crippen MR) is 37.5 cm³/mol. The Kier molecular flexibility index (Phi) is 1.13. The van der Waals surface area contributed by atoms with Crippen molar-refractivity contribution in [1.29, 1.82) is 0 Å². The summed E-state index contributed by atoms with van der Waals surface area (Å²) in [6.45, 7) is 3.02. The van der Waals surface area contributed by atoms with Crippen molar-refractivity contribution >= 4 is 18.2 Å². The summed E-state index contributed by atoms with van der Waals surface area (Å²) in [7, 11) is 0. The van der Waals surface area contributed by atoms with Crippen molar-refractivity contribution in [2.45, 2.75) is 6.92 Å². The number of carbonyl (C=O) groups is 2. The lowest BCUT2D eigenvalue weighted by Gasteiger charge is -2.10. The second-order valence-electron chi connectivity index (χ2n) is 2.90. The average molecular weight is 153 g/mol.